The molecule has 3 heterocycles. The number of rotatable bonds is 8. The number of thioether (sulfide) groups is 1. The van der Waals surface area contributed by atoms with E-state index in [1.54, 1.807) is 37.3 Å². The fraction of sp³-hybridized carbons (Fsp3) is 0.190. The highest BCUT2D eigenvalue weighted by Gasteiger charge is 2.12. The first kappa shape index (κ1) is 20.0. The summed E-state index contributed by atoms with van der Waals surface area (Å²) < 4.78 is 16.3. The summed E-state index contributed by atoms with van der Waals surface area (Å²) >= 11 is 1.68. The molecule has 0 fully saturated rings. The van der Waals surface area contributed by atoms with Crippen LogP contribution in [0.5, 0.6) is 5.88 Å². The molecule has 4 aromatic rings. The molecule has 9 heteroatoms. The van der Waals surface area contributed by atoms with Crippen molar-refractivity contribution in [3.05, 3.63) is 66.4 Å². The Morgan fingerprint density at radius 2 is 1.67 bits per heavy atom. The fourth-order valence-corrected chi connectivity index (χ4v) is 3.11. The van der Waals surface area contributed by atoms with Gasteiger partial charge in [0.15, 0.2) is 12.4 Å². The number of aromatic nitrogens is 5. The SMILES string of the molecule is COCc1cc(OCc2nc(-c3ccc(SC)cc3)no2)nc(-c2ccncc2)n1. The molecule has 4 rings (SSSR count). The maximum absolute atomic E-state index is 5.81. The highest BCUT2D eigenvalue weighted by molar-refractivity contribution is 7.98. The first-order chi connectivity index (χ1) is 14.7. The number of ether oxygens (including phenoxy) is 2. The average molecular weight is 421 g/mol. The van der Waals surface area contributed by atoms with Crippen LogP contribution < -0.4 is 4.74 Å². The second-order valence-electron chi connectivity index (χ2n) is 6.22. The van der Waals surface area contributed by atoms with Gasteiger partial charge in [-0.15, -0.1) is 11.8 Å². The summed E-state index contributed by atoms with van der Waals surface area (Å²) in [6.07, 6.45) is 5.41. The van der Waals surface area contributed by atoms with Crippen molar-refractivity contribution in [1.29, 1.82) is 0 Å². The van der Waals surface area contributed by atoms with E-state index < -0.39 is 0 Å². The quantitative estimate of drug-likeness (QED) is 0.391. The van der Waals surface area contributed by atoms with Crippen LogP contribution in [0.4, 0.5) is 0 Å². The molecule has 0 aliphatic carbocycles. The largest absolute Gasteiger partial charge is 0.467 e. The fourth-order valence-electron chi connectivity index (χ4n) is 2.70. The molecule has 0 radical (unpaired) electrons. The molecule has 0 aliphatic rings. The molecule has 8 nitrogen and oxygen atoms in total. The monoisotopic (exact) mass is 421 g/mol. The molecule has 0 N–H and O–H groups in total. The van der Waals surface area contributed by atoms with Crippen LogP contribution >= 0.6 is 11.8 Å². The van der Waals surface area contributed by atoms with E-state index in [0.717, 1.165) is 11.1 Å². The molecular formula is C21H19N5O3S. The molecule has 3 aromatic heterocycles. The molecule has 0 unspecified atom stereocenters. The third kappa shape index (κ3) is 4.81. The summed E-state index contributed by atoms with van der Waals surface area (Å²) in [4.78, 5) is 18.6. The zero-order valence-electron chi connectivity index (χ0n) is 16.5. The summed E-state index contributed by atoms with van der Waals surface area (Å²) in [5, 5.41) is 4.03. The van der Waals surface area contributed by atoms with Gasteiger partial charge in [0.1, 0.15) is 0 Å². The Hall–Kier alpha value is -3.30. The van der Waals surface area contributed by atoms with E-state index in [4.69, 9.17) is 14.0 Å². The van der Waals surface area contributed by atoms with E-state index in [9.17, 15) is 0 Å². The van der Waals surface area contributed by atoms with Crippen molar-refractivity contribution in [3.63, 3.8) is 0 Å². The second kappa shape index (κ2) is 9.47. The van der Waals surface area contributed by atoms with E-state index in [-0.39, 0.29) is 6.61 Å². The Balaban J connectivity index is 1.50. The summed E-state index contributed by atoms with van der Waals surface area (Å²) in [6.45, 7) is 0.433. The summed E-state index contributed by atoms with van der Waals surface area (Å²) in [6, 6.07) is 13.4. The lowest BCUT2D eigenvalue weighted by Gasteiger charge is -2.08. The Kier molecular flexibility index (Phi) is 6.31. The lowest BCUT2D eigenvalue weighted by Crippen LogP contribution is -2.03. The first-order valence-electron chi connectivity index (χ1n) is 9.12. The number of pyridine rings is 1. The van der Waals surface area contributed by atoms with Crippen LogP contribution in [0.15, 0.2) is 64.3 Å². The van der Waals surface area contributed by atoms with Gasteiger partial charge in [-0.1, -0.05) is 5.16 Å². The Bertz CT molecular complexity index is 1100. The van der Waals surface area contributed by atoms with Gasteiger partial charge in [-0.3, -0.25) is 4.98 Å². The second-order valence-corrected chi connectivity index (χ2v) is 7.10. The van der Waals surface area contributed by atoms with Crippen LogP contribution in [0.3, 0.4) is 0 Å². The smallest absolute Gasteiger partial charge is 0.264 e. The number of methoxy groups -OCH3 is 1. The van der Waals surface area contributed by atoms with E-state index in [2.05, 4.69) is 25.1 Å². The number of hydrogen-bond acceptors (Lipinski definition) is 9. The zero-order valence-corrected chi connectivity index (χ0v) is 17.3. The van der Waals surface area contributed by atoms with E-state index in [1.165, 1.54) is 4.90 Å². The van der Waals surface area contributed by atoms with Gasteiger partial charge in [0, 0.05) is 41.6 Å². The minimum atomic E-state index is 0.0924. The topological polar surface area (TPSA) is 96.1 Å². The van der Waals surface area contributed by atoms with Gasteiger partial charge in [-0.05, 0) is 42.7 Å². The van der Waals surface area contributed by atoms with Gasteiger partial charge >= 0.3 is 0 Å². The molecule has 0 saturated heterocycles. The van der Waals surface area contributed by atoms with Crippen molar-refractivity contribution >= 4 is 11.8 Å². The van der Waals surface area contributed by atoms with Crippen molar-refractivity contribution in [3.8, 4) is 28.7 Å². The van der Waals surface area contributed by atoms with Gasteiger partial charge in [-0.25, -0.2) is 4.98 Å². The van der Waals surface area contributed by atoms with Crippen molar-refractivity contribution in [2.24, 2.45) is 0 Å². The molecule has 0 bridgehead atoms. The van der Waals surface area contributed by atoms with E-state index >= 15 is 0 Å². The number of benzene rings is 1. The zero-order chi connectivity index (χ0) is 20.8. The molecule has 0 aliphatic heterocycles. The summed E-state index contributed by atoms with van der Waals surface area (Å²) in [5.74, 6) is 1.80. The van der Waals surface area contributed by atoms with Gasteiger partial charge in [-0.2, -0.15) is 9.97 Å². The van der Waals surface area contributed by atoms with Crippen LogP contribution in [-0.4, -0.2) is 38.5 Å². The van der Waals surface area contributed by atoms with Crippen molar-refractivity contribution in [1.82, 2.24) is 25.1 Å². The van der Waals surface area contributed by atoms with Crippen LogP contribution in [0.25, 0.3) is 22.8 Å². The molecule has 0 atom stereocenters. The highest BCUT2D eigenvalue weighted by atomic mass is 32.2. The highest BCUT2D eigenvalue weighted by Crippen LogP contribution is 2.22. The van der Waals surface area contributed by atoms with Gasteiger partial charge in [0.2, 0.25) is 11.7 Å². The predicted molar refractivity (Wildman–Crippen MR) is 112 cm³/mol. The normalized spacial score (nSPS) is 10.9. The van der Waals surface area contributed by atoms with Crippen LogP contribution in [0.1, 0.15) is 11.6 Å². The number of nitrogens with zero attached hydrogens (tertiary/aromatic N) is 5. The average Bonchev–Trinajstić information content (AvgIpc) is 3.28. The molecule has 0 amide bonds. The predicted octanol–water partition coefficient (Wildman–Crippen LogP) is 4.04. The lowest BCUT2D eigenvalue weighted by molar-refractivity contribution is 0.180. The third-order valence-electron chi connectivity index (χ3n) is 4.15. The molecule has 152 valence electrons. The van der Waals surface area contributed by atoms with E-state index in [0.29, 0.717) is 35.7 Å². The molecule has 1 aromatic carbocycles. The lowest BCUT2D eigenvalue weighted by atomic mass is 10.2. The maximum atomic E-state index is 5.81. The third-order valence-corrected chi connectivity index (χ3v) is 4.89. The van der Waals surface area contributed by atoms with Crippen molar-refractivity contribution in [2.45, 2.75) is 18.1 Å². The maximum Gasteiger partial charge on any atom is 0.264 e. The molecular weight excluding hydrogens is 402 g/mol. The van der Waals surface area contributed by atoms with E-state index in [1.807, 2.05) is 42.7 Å². The Labute approximate surface area is 177 Å². The first-order valence-corrected chi connectivity index (χ1v) is 10.3. The van der Waals surface area contributed by atoms with Gasteiger partial charge in [0.05, 0.1) is 12.3 Å². The Morgan fingerprint density at radius 1 is 0.900 bits per heavy atom. The minimum absolute atomic E-state index is 0.0924. The van der Waals surface area contributed by atoms with Crippen LogP contribution in [0.2, 0.25) is 0 Å². The number of hydrogen-bond donors (Lipinski definition) is 0. The Morgan fingerprint density at radius 3 is 2.40 bits per heavy atom. The summed E-state index contributed by atoms with van der Waals surface area (Å²) in [5.41, 5.74) is 2.42. The standard InChI is InChI=1S/C21H19N5O3S/c1-27-12-16-11-18(24-20(23-16)15-7-9-22-10-8-15)28-13-19-25-21(26-29-19)14-3-5-17(30-2)6-4-14/h3-11H,12-13H2,1-2H3. The molecule has 0 saturated carbocycles. The van der Waals surface area contributed by atoms with Gasteiger partial charge < -0.3 is 14.0 Å². The molecule has 0 spiro atoms. The van der Waals surface area contributed by atoms with Gasteiger partial charge in [0.25, 0.3) is 5.89 Å². The molecule has 30 heavy (non-hydrogen) atoms. The van der Waals surface area contributed by atoms with Crippen molar-refractivity contribution < 1.29 is 14.0 Å². The minimum Gasteiger partial charge on any atom is -0.467 e. The van der Waals surface area contributed by atoms with Crippen LogP contribution in [-0.2, 0) is 18.0 Å². The van der Waals surface area contributed by atoms with Crippen molar-refractivity contribution in [2.75, 3.05) is 13.4 Å². The van der Waals surface area contributed by atoms with Crippen LogP contribution in [0, 0.1) is 0 Å². The summed E-state index contributed by atoms with van der Waals surface area (Å²) in [7, 11) is 1.61.